The molecule has 0 N–H and O–H groups in total. The molecule has 92 valence electrons. The van der Waals surface area contributed by atoms with Gasteiger partial charge in [-0.05, 0) is 25.7 Å². The fourth-order valence-electron chi connectivity index (χ4n) is 2.04. The molecule has 1 nitrogen and oxygen atoms in total. The summed E-state index contributed by atoms with van der Waals surface area (Å²) in [5.74, 6) is 0. The second-order valence-electron chi connectivity index (χ2n) is 4.57. The van der Waals surface area contributed by atoms with Crippen LogP contribution in [0.5, 0.6) is 0 Å². The summed E-state index contributed by atoms with van der Waals surface area (Å²) < 4.78 is 6.13. The van der Waals surface area contributed by atoms with Crippen LogP contribution in [0.2, 0.25) is 0 Å². The van der Waals surface area contributed by atoms with Crippen molar-refractivity contribution < 1.29 is 4.74 Å². The van der Waals surface area contributed by atoms with Gasteiger partial charge in [0.05, 0.1) is 12.2 Å². The van der Waals surface area contributed by atoms with Crippen LogP contribution in [0.1, 0.15) is 58.8 Å². The van der Waals surface area contributed by atoms with E-state index in [1.165, 1.54) is 25.7 Å². The van der Waals surface area contributed by atoms with E-state index in [1.807, 2.05) is 0 Å². The van der Waals surface area contributed by atoms with Crippen molar-refractivity contribution >= 4 is 0 Å². The lowest BCUT2D eigenvalue weighted by Crippen LogP contribution is -2.19. The molecule has 0 amide bonds. The number of hydrogen-bond acceptors (Lipinski definition) is 1. The van der Waals surface area contributed by atoms with Crippen molar-refractivity contribution in [3.8, 4) is 0 Å². The Morgan fingerprint density at radius 2 is 2.00 bits per heavy atom. The lowest BCUT2D eigenvalue weighted by Gasteiger charge is -2.21. The number of hydrogen-bond donors (Lipinski definition) is 0. The Morgan fingerprint density at radius 3 is 2.75 bits per heavy atom. The van der Waals surface area contributed by atoms with Gasteiger partial charge in [0.15, 0.2) is 0 Å². The van der Waals surface area contributed by atoms with Gasteiger partial charge in [-0.2, -0.15) is 0 Å². The topological polar surface area (TPSA) is 9.23 Å². The van der Waals surface area contributed by atoms with Crippen molar-refractivity contribution in [2.75, 3.05) is 0 Å². The predicted molar refractivity (Wildman–Crippen MR) is 70.6 cm³/mol. The van der Waals surface area contributed by atoms with Crippen molar-refractivity contribution in [2.45, 2.75) is 71.0 Å². The van der Waals surface area contributed by atoms with Gasteiger partial charge in [-0.25, -0.2) is 0 Å². The molecule has 0 saturated heterocycles. The van der Waals surface area contributed by atoms with Crippen LogP contribution in [-0.2, 0) is 4.74 Å². The molecule has 16 heavy (non-hydrogen) atoms. The first-order valence-corrected chi connectivity index (χ1v) is 6.84. The fraction of sp³-hybridized carbons (Fsp3) is 0.733. The van der Waals surface area contributed by atoms with Gasteiger partial charge in [-0.15, -0.1) is 0 Å². The van der Waals surface area contributed by atoms with E-state index < -0.39 is 0 Å². The molecule has 0 spiro atoms. The predicted octanol–water partition coefficient (Wildman–Crippen LogP) is 4.64. The molecule has 0 bridgehead atoms. The molecule has 1 rings (SSSR count). The van der Waals surface area contributed by atoms with Crippen LogP contribution >= 0.6 is 0 Å². The zero-order chi connectivity index (χ0) is 11.6. The van der Waals surface area contributed by atoms with Crippen LogP contribution in [0.25, 0.3) is 0 Å². The van der Waals surface area contributed by atoms with Gasteiger partial charge in [0.25, 0.3) is 0 Å². The summed E-state index contributed by atoms with van der Waals surface area (Å²) >= 11 is 0. The van der Waals surface area contributed by atoms with Crippen molar-refractivity contribution in [3.05, 3.63) is 24.3 Å². The molecular weight excluding hydrogens is 196 g/mol. The highest BCUT2D eigenvalue weighted by molar-refractivity contribution is 4.98. The molecule has 1 heterocycles. The molecular formula is C15H26O. The zero-order valence-electron chi connectivity index (χ0n) is 10.8. The third kappa shape index (κ3) is 5.50. The van der Waals surface area contributed by atoms with Gasteiger partial charge in [-0.1, -0.05) is 57.4 Å². The van der Waals surface area contributed by atoms with Gasteiger partial charge >= 0.3 is 0 Å². The highest BCUT2D eigenvalue weighted by atomic mass is 16.5. The summed E-state index contributed by atoms with van der Waals surface area (Å²) in [6, 6.07) is 0. The summed E-state index contributed by atoms with van der Waals surface area (Å²) in [6.07, 6.45) is 18.1. The Balaban J connectivity index is 2.42. The smallest absolute Gasteiger partial charge is 0.0757 e. The Morgan fingerprint density at radius 1 is 1.12 bits per heavy atom. The molecule has 1 aliphatic heterocycles. The first kappa shape index (κ1) is 13.5. The molecule has 1 aliphatic rings. The number of allylic oxidation sites excluding steroid dienone is 2. The minimum Gasteiger partial charge on any atom is -0.371 e. The van der Waals surface area contributed by atoms with Crippen LogP contribution in [-0.4, -0.2) is 12.2 Å². The maximum atomic E-state index is 6.13. The van der Waals surface area contributed by atoms with E-state index >= 15 is 0 Å². The quantitative estimate of drug-likeness (QED) is 0.486. The first-order valence-electron chi connectivity index (χ1n) is 6.84. The SMILES string of the molecule is CCCCC[C@H]1C/C=C\C/C=C/[C@H](CC)O1. The Kier molecular flexibility index (Phi) is 7.24. The van der Waals surface area contributed by atoms with Crippen LogP contribution < -0.4 is 0 Å². The Hall–Kier alpha value is -0.560. The molecule has 0 aromatic heterocycles. The summed E-state index contributed by atoms with van der Waals surface area (Å²) in [5, 5.41) is 0. The molecule has 0 saturated carbocycles. The maximum Gasteiger partial charge on any atom is 0.0757 e. The van der Waals surface area contributed by atoms with Crippen LogP contribution in [0.3, 0.4) is 0 Å². The van der Waals surface area contributed by atoms with E-state index in [0.717, 1.165) is 19.3 Å². The lowest BCUT2D eigenvalue weighted by atomic mass is 10.1. The van der Waals surface area contributed by atoms with Crippen LogP contribution in [0.4, 0.5) is 0 Å². The van der Waals surface area contributed by atoms with Crippen molar-refractivity contribution in [1.29, 1.82) is 0 Å². The highest BCUT2D eigenvalue weighted by Gasteiger charge is 2.12. The normalized spacial score (nSPS) is 30.1. The van der Waals surface area contributed by atoms with E-state index in [1.54, 1.807) is 0 Å². The highest BCUT2D eigenvalue weighted by Crippen LogP contribution is 2.16. The minimum absolute atomic E-state index is 0.325. The van der Waals surface area contributed by atoms with Gasteiger partial charge in [0, 0.05) is 0 Å². The largest absolute Gasteiger partial charge is 0.371 e. The van der Waals surface area contributed by atoms with Crippen molar-refractivity contribution in [2.24, 2.45) is 0 Å². The monoisotopic (exact) mass is 222 g/mol. The first-order chi connectivity index (χ1) is 7.86. The molecule has 0 radical (unpaired) electrons. The molecule has 0 fully saturated rings. The summed E-state index contributed by atoms with van der Waals surface area (Å²) in [4.78, 5) is 0. The molecule has 0 unspecified atom stereocenters. The van der Waals surface area contributed by atoms with E-state index in [4.69, 9.17) is 4.74 Å². The average molecular weight is 222 g/mol. The van der Waals surface area contributed by atoms with E-state index in [-0.39, 0.29) is 0 Å². The van der Waals surface area contributed by atoms with E-state index in [9.17, 15) is 0 Å². The van der Waals surface area contributed by atoms with Crippen molar-refractivity contribution in [1.82, 2.24) is 0 Å². The van der Waals surface area contributed by atoms with Gasteiger partial charge in [0.2, 0.25) is 0 Å². The number of unbranched alkanes of at least 4 members (excludes halogenated alkanes) is 2. The Labute approximate surface area is 101 Å². The lowest BCUT2D eigenvalue weighted by molar-refractivity contribution is 0.00766. The standard InChI is InChI=1S/C15H26O/c1-3-5-8-12-15-13-10-7-6-9-11-14(4-2)16-15/h7,9-11,14-15H,3-6,8,12-13H2,1-2H3/b10-7-,11-9+/t14-,15-/m0/s1. The van der Waals surface area contributed by atoms with E-state index in [0.29, 0.717) is 12.2 Å². The Bertz CT molecular complexity index is 217. The summed E-state index contributed by atoms with van der Waals surface area (Å²) in [6.45, 7) is 4.45. The van der Waals surface area contributed by atoms with Crippen molar-refractivity contribution in [3.63, 3.8) is 0 Å². The molecule has 0 aromatic rings. The minimum atomic E-state index is 0.325. The molecule has 0 aliphatic carbocycles. The second kappa shape index (κ2) is 8.58. The van der Waals surface area contributed by atoms with E-state index in [2.05, 4.69) is 38.2 Å². The zero-order valence-corrected chi connectivity index (χ0v) is 10.8. The summed E-state index contributed by atoms with van der Waals surface area (Å²) in [5.41, 5.74) is 0. The third-order valence-electron chi connectivity index (χ3n) is 3.09. The number of rotatable bonds is 5. The van der Waals surface area contributed by atoms with Crippen LogP contribution in [0, 0.1) is 0 Å². The third-order valence-corrected chi connectivity index (χ3v) is 3.09. The molecule has 1 heteroatoms. The van der Waals surface area contributed by atoms with Gasteiger partial charge in [-0.3, -0.25) is 0 Å². The second-order valence-corrected chi connectivity index (χ2v) is 4.57. The maximum absolute atomic E-state index is 6.13. The van der Waals surface area contributed by atoms with Crippen LogP contribution in [0.15, 0.2) is 24.3 Å². The molecule has 2 atom stereocenters. The summed E-state index contributed by atoms with van der Waals surface area (Å²) in [7, 11) is 0. The van der Waals surface area contributed by atoms with Gasteiger partial charge in [0.1, 0.15) is 0 Å². The van der Waals surface area contributed by atoms with Gasteiger partial charge < -0.3 is 4.74 Å². The fourth-order valence-corrected chi connectivity index (χ4v) is 2.04. The molecule has 0 aromatic carbocycles. The average Bonchev–Trinajstić information content (AvgIpc) is 2.41. The number of ether oxygens (including phenoxy) is 1.